The van der Waals surface area contributed by atoms with E-state index in [0.717, 1.165) is 16.7 Å². The van der Waals surface area contributed by atoms with Crippen LogP contribution in [0.25, 0.3) is 5.69 Å². The van der Waals surface area contributed by atoms with Gasteiger partial charge in [-0.15, -0.1) is 0 Å². The molecule has 0 atom stereocenters. The van der Waals surface area contributed by atoms with E-state index in [2.05, 4.69) is 0 Å². The van der Waals surface area contributed by atoms with E-state index in [1.807, 2.05) is 0 Å². The Morgan fingerprint density at radius 2 is 2.06 bits per heavy atom. The molecule has 0 spiro atoms. The molecular weight excluding hydrogens is 252 g/mol. The molecule has 0 fully saturated rings. The van der Waals surface area contributed by atoms with Crippen molar-refractivity contribution >= 4 is 17.6 Å². The number of aromatic carboxylic acids is 1. The summed E-state index contributed by atoms with van der Waals surface area (Å²) in [6.07, 6.45) is 1.21. The molecule has 3 nitrogen and oxygen atoms in total. The van der Waals surface area contributed by atoms with Gasteiger partial charge in [-0.25, -0.2) is 13.6 Å². The van der Waals surface area contributed by atoms with Crippen LogP contribution in [-0.4, -0.2) is 15.6 Å². The minimum atomic E-state index is -1.28. The zero-order valence-corrected chi connectivity index (χ0v) is 9.08. The fourth-order valence-electron chi connectivity index (χ4n) is 1.47. The molecule has 1 heterocycles. The number of carboxylic acid groups (broad SMARTS) is 1. The highest BCUT2D eigenvalue weighted by Crippen LogP contribution is 2.22. The van der Waals surface area contributed by atoms with E-state index in [9.17, 15) is 13.6 Å². The molecule has 1 aromatic heterocycles. The number of aromatic nitrogens is 1. The third-order valence-electron chi connectivity index (χ3n) is 2.20. The normalized spacial score (nSPS) is 10.5. The van der Waals surface area contributed by atoms with Crippen LogP contribution in [0.5, 0.6) is 0 Å². The highest BCUT2D eigenvalue weighted by molar-refractivity contribution is 6.31. The first kappa shape index (κ1) is 11.6. The second-order valence-corrected chi connectivity index (χ2v) is 3.73. The molecule has 0 bridgehead atoms. The highest BCUT2D eigenvalue weighted by atomic mass is 35.5. The average molecular weight is 258 g/mol. The molecule has 0 radical (unpaired) electrons. The van der Waals surface area contributed by atoms with Crippen molar-refractivity contribution < 1.29 is 18.7 Å². The Hall–Kier alpha value is -1.88. The predicted octanol–water partition coefficient (Wildman–Crippen LogP) is 3.11. The highest BCUT2D eigenvalue weighted by Gasteiger charge is 2.17. The summed E-state index contributed by atoms with van der Waals surface area (Å²) in [7, 11) is 0. The summed E-state index contributed by atoms with van der Waals surface area (Å²) in [4.78, 5) is 10.9. The molecule has 0 saturated carbocycles. The molecule has 0 aliphatic heterocycles. The molecule has 1 aromatic carbocycles. The first-order chi connectivity index (χ1) is 8.00. The fraction of sp³-hybridized carbons (Fsp3) is 0. The summed E-state index contributed by atoms with van der Waals surface area (Å²) in [5.74, 6) is -3.45. The molecule has 0 unspecified atom stereocenters. The Bertz CT molecular complexity index is 595. The van der Waals surface area contributed by atoms with Crippen molar-refractivity contribution in [3.05, 3.63) is 52.8 Å². The van der Waals surface area contributed by atoms with Crippen LogP contribution in [0.15, 0.2) is 30.5 Å². The van der Waals surface area contributed by atoms with Gasteiger partial charge in [0.1, 0.15) is 5.69 Å². The van der Waals surface area contributed by atoms with Gasteiger partial charge in [0, 0.05) is 6.20 Å². The zero-order chi connectivity index (χ0) is 12.6. The lowest BCUT2D eigenvalue weighted by Gasteiger charge is -2.07. The summed E-state index contributed by atoms with van der Waals surface area (Å²) < 4.78 is 27.5. The number of carbonyl (C=O) groups is 1. The van der Waals surface area contributed by atoms with Crippen LogP contribution in [0.2, 0.25) is 5.02 Å². The smallest absolute Gasteiger partial charge is 0.352 e. The van der Waals surface area contributed by atoms with E-state index in [-0.39, 0.29) is 16.4 Å². The summed E-state index contributed by atoms with van der Waals surface area (Å²) in [5.41, 5.74) is -0.436. The molecule has 17 heavy (non-hydrogen) atoms. The lowest BCUT2D eigenvalue weighted by Crippen LogP contribution is -2.07. The summed E-state index contributed by atoms with van der Waals surface area (Å²) in [5, 5.41) is 9.04. The van der Waals surface area contributed by atoms with Gasteiger partial charge in [-0.1, -0.05) is 17.7 Å². The molecule has 0 saturated heterocycles. The van der Waals surface area contributed by atoms with Crippen LogP contribution in [0.4, 0.5) is 8.78 Å². The minimum absolute atomic E-state index is 0.131. The van der Waals surface area contributed by atoms with Gasteiger partial charge in [0.2, 0.25) is 0 Å². The van der Waals surface area contributed by atoms with E-state index < -0.39 is 17.6 Å². The van der Waals surface area contributed by atoms with Gasteiger partial charge >= 0.3 is 5.97 Å². The van der Waals surface area contributed by atoms with Crippen molar-refractivity contribution in [2.45, 2.75) is 0 Å². The monoisotopic (exact) mass is 257 g/mol. The largest absolute Gasteiger partial charge is 0.477 e. The Morgan fingerprint density at radius 3 is 2.71 bits per heavy atom. The Balaban J connectivity index is 2.68. The lowest BCUT2D eigenvalue weighted by atomic mass is 10.3. The molecule has 0 amide bonds. The number of carboxylic acids is 1. The van der Waals surface area contributed by atoms with E-state index in [1.54, 1.807) is 0 Å². The first-order valence-corrected chi connectivity index (χ1v) is 4.94. The average Bonchev–Trinajstić information content (AvgIpc) is 2.64. The topological polar surface area (TPSA) is 42.2 Å². The fourth-order valence-corrected chi connectivity index (χ4v) is 1.67. The van der Waals surface area contributed by atoms with E-state index in [4.69, 9.17) is 16.7 Å². The molecule has 0 aliphatic carbocycles. The van der Waals surface area contributed by atoms with Crippen molar-refractivity contribution in [2.24, 2.45) is 0 Å². The van der Waals surface area contributed by atoms with Crippen molar-refractivity contribution in [1.82, 2.24) is 4.57 Å². The quantitative estimate of drug-likeness (QED) is 0.898. The Kier molecular flexibility index (Phi) is 2.85. The van der Waals surface area contributed by atoms with Gasteiger partial charge in [-0.05, 0) is 18.2 Å². The number of hydrogen-bond acceptors (Lipinski definition) is 1. The van der Waals surface area contributed by atoms with Crippen molar-refractivity contribution in [3.8, 4) is 5.69 Å². The third kappa shape index (κ3) is 2.01. The zero-order valence-electron chi connectivity index (χ0n) is 8.32. The number of nitrogens with zero attached hydrogens (tertiary/aromatic N) is 1. The van der Waals surface area contributed by atoms with Crippen LogP contribution >= 0.6 is 11.6 Å². The van der Waals surface area contributed by atoms with Crippen LogP contribution in [0.1, 0.15) is 10.5 Å². The minimum Gasteiger partial charge on any atom is -0.477 e. The SMILES string of the molecule is O=C(O)c1cc(Cl)cn1-c1cccc(F)c1F. The van der Waals surface area contributed by atoms with Gasteiger partial charge < -0.3 is 9.67 Å². The van der Waals surface area contributed by atoms with Crippen LogP contribution in [0, 0.1) is 11.6 Å². The number of rotatable bonds is 2. The molecule has 1 N–H and O–H groups in total. The van der Waals surface area contributed by atoms with Crippen molar-refractivity contribution in [1.29, 1.82) is 0 Å². The second-order valence-electron chi connectivity index (χ2n) is 3.29. The second kappa shape index (κ2) is 4.18. The summed E-state index contributed by atoms with van der Waals surface area (Å²) in [6.45, 7) is 0. The maximum absolute atomic E-state index is 13.5. The lowest BCUT2D eigenvalue weighted by molar-refractivity contribution is 0.0688. The van der Waals surface area contributed by atoms with Gasteiger partial charge in [0.05, 0.1) is 10.7 Å². The van der Waals surface area contributed by atoms with Crippen LogP contribution < -0.4 is 0 Å². The molecule has 6 heteroatoms. The van der Waals surface area contributed by atoms with Crippen LogP contribution in [0.3, 0.4) is 0 Å². The van der Waals surface area contributed by atoms with E-state index in [1.165, 1.54) is 18.3 Å². The van der Waals surface area contributed by atoms with Gasteiger partial charge in [0.25, 0.3) is 0 Å². The molecule has 2 aromatic rings. The predicted molar refractivity (Wildman–Crippen MR) is 57.7 cm³/mol. The van der Waals surface area contributed by atoms with Gasteiger partial charge in [-0.2, -0.15) is 0 Å². The third-order valence-corrected chi connectivity index (χ3v) is 2.40. The standard InChI is InChI=1S/C11H6ClF2NO2/c12-6-4-9(11(16)17)15(5-6)8-3-1-2-7(13)10(8)14/h1-5H,(H,16,17). The van der Waals surface area contributed by atoms with Gasteiger partial charge in [-0.3, -0.25) is 0 Å². The summed E-state index contributed by atoms with van der Waals surface area (Å²) >= 11 is 5.65. The van der Waals surface area contributed by atoms with Crippen molar-refractivity contribution in [2.75, 3.05) is 0 Å². The Morgan fingerprint density at radius 1 is 1.35 bits per heavy atom. The van der Waals surface area contributed by atoms with E-state index >= 15 is 0 Å². The molecule has 0 aliphatic rings. The first-order valence-electron chi connectivity index (χ1n) is 4.56. The van der Waals surface area contributed by atoms with Crippen molar-refractivity contribution in [3.63, 3.8) is 0 Å². The van der Waals surface area contributed by atoms with Crippen LogP contribution in [-0.2, 0) is 0 Å². The number of benzene rings is 1. The maximum Gasteiger partial charge on any atom is 0.352 e. The maximum atomic E-state index is 13.5. The van der Waals surface area contributed by atoms with Gasteiger partial charge in [0.15, 0.2) is 11.6 Å². The summed E-state index contributed by atoms with van der Waals surface area (Å²) in [6, 6.07) is 4.66. The number of halogens is 3. The van der Waals surface area contributed by atoms with E-state index in [0.29, 0.717) is 0 Å². The Labute approximate surface area is 99.9 Å². The number of hydrogen-bond donors (Lipinski definition) is 1. The molecular formula is C11H6ClF2NO2. The molecule has 2 rings (SSSR count). The molecule has 88 valence electrons.